The summed E-state index contributed by atoms with van der Waals surface area (Å²) in [5.74, 6) is 5.10. The van der Waals surface area contributed by atoms with Gasteiger partial charge in [-0.05, 0) is 30.9 Å². The van der Waals surface area contributed by atoms with Gasteiger partial charge in [-0.25, -0.2) is 8.78 Å². The van der Waals surface area contributed by atoms with Crippen LogP contribution in [0, 0.1) is 24.5 Å². The van der Waals surface area contributed by atoms with Crippen LogP contribution in [0.5, 0.6) is 0 Å². The van der Waals surface area contributed by atoms with Gasteiger partial charge in [0.05, 0.1) is 0 Å². The Morgan fingerprint density at radius 3 is 2.56 bits per heavy atom. The Morgan fingerprint density at radius 1 is 1.28 bits per heavy atom. The van der Waals surface area contributed by atoms with Gasteiger partial charge in [-0.3, -0.25) is 11.3 Å². The zero-order valence-electron chi connectivity index (χ0n) is 10.7. The number of hydrogen-bond donors (Lipinski definition) is 2. The molecular weight excluding hydrogens is 234 g/mol. The van der Waals surface area contributed by atoms with E-state index in [-0.39, 0.29) is 6.04 Å². The fourth-order valence-corrected chi connectivity index (χ4v) is 2.81. The Kier molecular flexibility index (Phi) is 4.30. The van der Waals surface area contributed by atoms with Crippen molar-refractivity contribution in [3.63, 3.8) is 0 Å². The largest absolute Gasteiger partial charge is 0.271 e. The van der Waals surface area contributed by atoms with E-state index in [4.69, 9.17) is 5.84 Å². The van der Waals surface area contributed by atoms with Gasteiger partial charge in [0.1, 0.15) is 11.6 Å². The van der Waals surface area contributed by atoms with Crippen molar-refractivity contribution in [2.75, 3.05) is 0 Å². The van der Waals surface area contributed by atoms with Crippen LogP contribution in [0.25, 0.3) is 0 Å². The van der Waals surface area contributed by atoms with Crippen LogP contribution in [0.1, 0.15) is 49.3 Å². The van der Waals surface area contributed by atoms with Gasteiger partial charge in [-0.1, -0.05) is 25.7 Å². The molecule has 2 rings (SSSR count). The van der Waals surface area contributed by atoms with Crippen LogP contribution < -0.4 is 11.3 Å². The fourth-order valence-electron chi connectivity index (χ4n) is 2.81. The van der Waals surface area contributed by atoms with E-state index in [1.807, 2.05) is 0 Å². The van der Waals surface area contributed by atoms with Gasteiger partial charge in [-0.15, -0.1) is 0 Å². The summed E-state index contributed by atoms with van der Waals surface area (Å²) < 4.78 is 27.0. The summed E-state index contributed by atoms with van der Waals surface area (Å²) in [4.78, 5) is 0. The first-order valence-electron chi connectivity index (χ1n) is 6.53. The average Bonchev–Trinajstić information content (AvgIpc) is 2.84. The highest BCUT2D eigenvalue weighted by atomic mass is 19.1. The van der Waals surface area contributed by atoms with Crippen LogP contribution in [-0.2, 0) is 0 Å². The topological polar surface area (TPSA) is 38.0 Å². The minimum absolute atomic E-state index is 0.229. The first kappa shape index (κ1) is 13.4. The van der Waals surface area contributed by atoms with Crippen molar-refractivity contribution in [2.24, 2.45) is 11.8 Å². The molecule has 1 saturated carbocycles. The van der Waals surface area contributed by atoms with Crippen molar-refractivity contribution in [1.82, 2.24) is 5.43 Å². The van der Waals surface area contributed by atoms with Gasteiger partial charge in [0, 0.05) is 17.7 Å². The fraction of sp³-hybridized carbons (Fsp3) is 0.571. The SMILES string of the molecule is Cc1cc(C(CC2CCCC2)NN)c(F)cc1F. The molecule has 1 fully saturated rings. The summed E-state index contributed by atoms with van der Waals surface area (Å²) in [6.45, 7) is 1.64. The summed E-state index contributed by atoms with van der Waals surface area (Å²) in [5, 5.41) is 0. The van der Waals surface area contributed by atoms with Gasteiger partial charge in [0.25, 0.3) is 0 Å². The number of hydrogen-bond acceptors (Lipinski definition) is 2. The van der Waals surface area contributed by atoms with Crippen LogP contribution >= 0.6 is 0 Å². The van der Waals surface area contributed by atoms with Crippen LogP contribution in [0.4, 0.5) is 8.78 Å². The molecule has 1 aromatic carbocycles. The van der Waals surface area contributed by atoms with Gasteiger partial charge in [0.2, 0.25) is 0 Å². The molecule has 1 unspecified atom stereocenters. The molecule has 0 aromatic heterocycles. The number of aryl methyl sites for hydroxylation is 1. The summed E-state index contributed by atoms with van der Waals surface area (Å²) in [6, 6.07) is 2.28. The van der Waals surface area contributed by atoms with Gasteiger partial charge in [-0.2, -0.15) is 0 Å². The van der Waals surface area contributed by atoms with Crippen molar-refractivity contribution in [3.8, 4) is 0 Å². The molecule has 0 spiro atoms. The molecule has 0 saturated heterocycles. The molecule has 3 N–H and O–H groups in total. The normalized spacial score (nSPS) is 18.2. The number of halogens is 2. The predicted molar refractivity (Wildman–Crippen MR) is 67.7 cm³/mol. The van der Waals surface area contributed by atoms with Gasteiger partial charge in [0.15, 0.2) is 0 Å². The Labute approximate surface area is 107 Å². The monoisotopic (exact) mass is 254 g/mol. The zero-order valence-corrected chi connectivity index (χ0v) is 10.7. The van der Waals surface area contributed by atoms with Crippen LogP contribution in [0.3, 0.4) is 0 Å². The highest BCUT2D eigenvalue weighted by Gasteiger charge is 2.23. The van der Waals surface area contributed by atoms with Crippen molar-refractivity contribution in [3.05, 3.63) is 34.9 Å². The number of nitrogens with one attached hydrogen (secondary N) is 1. The summed E-state index contributed by atoms with van der Waals surface area (Å²) in [6.07, 6.45) is 5.66. The second-order valence-corrected chi connectivity index (χ2v) is 5.23. The highest BCUT2D eigenvalue weighted by Crippen LogP contribution is 2.33. The van der Waals surface area contributed by atoms with Crippen LogP contribution in [0.2, 0.25) is 0 Å². The lowest BCUT2D eigenvalue weighted by Gasteiger charge is -2.21. The number of rotatable bonds is 4. The van der Waals surface area contributed by atoms with Crippen molar-refractivity contribution >= 4 is 0 Å². The molecular formula is C14H20F2N2. The van der Waals surface area contributed by atoms with Crippen LogP contribution in [0.15, 0.2) is 12.1 Å². The summed E-state index contributed by atoms with van der Waals surface area (Å²) in [7, 11) is 0. The molecule has 0 aliphatic heterocycles. The lowest BCUT2D eigenvalue weighted by molar-refractivity contribution is 0.389. The maximum absolute atomic E-state index is 13.8. The number of nitrogens with two attached hydrogens (primary N) is 1. The van der Waals surface area contributed by atoms with E-state index in [1.54, 1.807) is 13.0 Å². The smallest absolute Gasteiger partial charge is 0.130 e. The molecule has 0 radical (unpaired) electrons. The Morgan fingerprint density at radius 2 is 1.94 bits per heavy atom. The van der Waals surface area contributed by atoms with E-state index in [0.29, 0.717) is 17.0 Å². The second kappa shape index (κ2) is 5.76. The van der Waals surface area contributed by atoms with E-state index in [1.165, 1.54) is 25.7 Å². The molecule has 1 aliphatic rings. The van der Waals surface area contributed by atoms with Crippen LogP contribution in [-0.4, -0.2) is 0 Å². The minimum Gasteiger partial charge on any atom is -0.271 e. The lowest BCUT2D eigenvalue weighted by atomic mass is 9.93. The molecule has 2 nitrogen and oxygen atoms in total. The van der Waals surface area contributed by atoms with E-state index >= 15 is 0 Å². The molecule has 100 valence electrons. The van der Waals surface area contributed by atoms with E-state index in [9.17, 15) is 8.78 Å². The third-order valence-corrected chi connectivity index (χ3v) is 3.90. The third kappa shape index (κ3) is 2.87. The first-order chi connectivity index (χ1) is 8.61. The molecule has 0 bridgehead atoms. The zero-order chi connectivity index (χ0) is 13.1. The predicted octanol–water partition coefficient (Wildman–Crippen LogP) is 3.36. The highest BCUT2D eigenvalue weighted by molar-refractivity contribution is 5.28. The summed E-state index contributed by atoms with van der Waals surface area (Å²) in [5.41, 5.74) is 3.60. The van der Waals surface area contributed by atoms with Crippen molar-refractivity contribution in [1.29, 1.82) is 0 Å². The molecule has 0 heterocycles. The quantitative estimate of drug-likeness (QED) is 0.638. The lowest BCUT2D eigenvalue weighted by Crippen LogP contribution is -2.30. The third-order valence-electron chi connectivity index (χ3n) is 3.90. The summed E-state index contributed by atoms with van der Waals surface area (Å²) >= 11 is 0. The Hall–Kier alpha value is -1.00. The minimum atomic E-state index is -0.515. The Balaban J connectivity index is 2.18. The Bertz CT molecular complexity index is 415. The van der Waals surface area contributed by atoms with E-state index < -0.39 is 11.6 Å². The molecule has 0 amide bonds. The molecule has 1 aromatic rings. The van der Waals surface area contributed by atoms with E-state index in [0.717, 1.165) is 12.5 Å². The average molecular weight is 254 g/mol. The maximum Gasteiger partial charge on any atom is 0.130 e. The first-order valence-corrected chi connectivity index (χ1v) is 6.53. The molecule has 4 heteroatoms. The standard InChI is InChI=1S/C14H20F2N2/c1-9-6-11(13(16)8-12(9)15)14(18-17)7-10-4-2-3-5-10/h6,8,10,14,18H,2-5,7,17H2,1H3. The second-order valence-electron chi connectivity index (χ2n) is 5.23. The van der Waals surface area contributed by atoms with Gasteiger partial charge >= 0.3 is 0 Å². The molecule has 1 aliphatic carbocycles. The van der Waals surface area contributed by atoms with E-state index in [2.05, 4.69) is 5.43 Å². The maximum atomic E-state index is 13.8. The molecule has 1 atom stereocenters. The van der Waals surface area contributed by atoms with Crippen molar-refractivity contribution < 1.29 is 8.78 Å². The molecule has 18 heavy (non-hydrogen) atoms. The number of benzene rings is 1. The number of hydrazine groups is 1. The van der Waals surface area contributed by atoms with Gasteiger partial charge < -0.3 is 0 Å². The van der Waals surface area contributed by atoms with Crippen molar-refractivity contribution in [2.45, 2.75) is 45.1 Å².